The van der Waals surface area contributed by atoms with Crippen LogP contribution in [0.1, 0.15) is 13.8 Å². The van der Waals surface area contributed by atoms with Crippen LogP contribution < -0.4 is 10.6 Å². The number of rotatable bonds is 6. The van der Waals surface area contributed by atoms with Gasteiger partial charge in [-0.2, -0.15) is 0 Å². The van der Waals surface area contributed by atoms with Crippen molar-refractivity contribution in [3.05, 3.63) is 0 Å². The fourth-order valence-electron chi connectivity index (χ4n) is 0.623. The van der Waals surface area contributed by atoms with Crippen molar-refractivity contribution in [2.24, 2.45) is 0 Å². The van der Waals surface area contributed by atoms with Crippen LogP contribution in [0.5, 0.6) is 0 Å². The Labute approximate surface area is 68.2 Å². The van der Waals surface area contributed by atoms with Crippen molar-refractivity contribution in [2.75, 3.05) is 25.2 Å². The molecule has 0 heterocycles. The molecule has 0 aliphatic carbocycles. The molecule has 0 amide bonds. The van der Waals surface area contributed by atoms with Gasteiger partial charge in [0.05, 0.1) is 0 Å². The summed E-state index contributed by atoms with van der Waals surface area (Å²) in [5.74, 6) is 1.06. The molecule has 0 aromatic carbocycles. The summed E-state index contributed by atoms with van der Waals surface area (Å²) < 4.78 is 0. The van der Waals surface area contributed by atoms with Gasteiger partial charge in [0, 0.05) is 25.0 Å². The molecule has 0 bridgehead atoms. The smallest absolute Gasteiger partial charge is 0.0415 e. The zero-order valence-electron chi connectivity index (χ0n) is 7.11. The van der Waals surface area contributed by atoms with Crippen LogP contribution in [0, 0.1) is 0 Å². The van der Waals surface area contributed by atoms with Gasteiger partial charge in [0.25, 0.3) is 0 Å². The predicted octanol–water partition coefficient (Wildman–Crippen LogP) is 0.894. The van der Waals surface area contributed by atoms with Gasteiger partial charge in [-0.25, -0.2) is 0 Å². The highest BCUT2D eigenvalue weighted by Crippen LogP contribution is 1.83. The lowest BCUT2D eigenvalue weighted by atomic mass is 10.4. The van der Waals surface area contributed by atoms with Gasteiger partial charge in [0.2, 0.25) is 0 Å². The van der Waals surface area contributed by atoms with Crippen molar-refractivity contribution < 1.29 is 0 Å². The number of thioether (sulfide) groups is 1. The lowest BCUT2D eigenvalue weighted by Crippen LogP contribution is -2.31. The first-order chi connectivity index (χ1) is 4.77. The van der Waals surface area contributed by atoms with Crippen LogP contribution in [0.4, 0.5) is 0 Å². The summed E-state index contributed by atoms with van der Waals surface area (Å²) in [4.78, 5) is 0. The van der Waals surface area contributed by atoms with Crippen LogP contribution in [0.25, 0.3) is 0 Å². The maximum Gasteiger partial charge on any atom is 0.0415 e. The minimum atomic E-state index is 0.607. The predicted molar refractivity (Wildman–Crippen MR) is 49.5 cm³/mol. The Morgan fingerprint density at radius 1 is 1.30 bits per heavy atom. The van der Waals surface area contributed by atoms with Crippen LogP contribution in [0.15, 0.2) is 0 Å². The monoisotopic (exact) mass is 162 g/mol. The lowest BCUT2D eigenvalue weighted by Gasteiger charge is -2.07. The molecule has 2 N–H and O–H groups in total. The van der Waals surface area contributed by atoms with E-state index in [0.29, 0.717) is 6.04 Å². The van der Waals surface area contributed by atoms with Gasteiger partial charge in [-0.1, -0.05) is 13.8 Å². The first-order valence-corrected chi connectivity index (χ1v) is 5.09. The molecule has 0 atom stereocenters. The zero-order valence-corrected chi connectivity index (χ0v) is 7.92. The van der Waals surface area contributed by atoms with Gasteiger partial charge in [0.1, 0.15) is 0 Å². The normalized spacial score (nSPS) is 10.8. The molecular weight excluding hydrogens is 144 g/mol. The average Bonchev–Trinajstić information content (AvgIpc) is 1.87. The van der Waals surface area contributed by atoms with E-state index in [0.717, 1.165) is 19.0 Å². The summed E-state index contributed by atoms with van der Waals surface area (Å²) in [5, 5.41) is 6.62. The summed E-state index contributed by atoms with van der Waals surface area (Å²) >= 11 is 1.82. The van der Waals surface area contributed by atoms with E-state index in [4.69, 9.17) is 0 Å². The van der Waals surface area contributed by atoms with Gasteiger partial charge in [0.15, 0.2) is 0 Å². The largest absolute Gasteiger partial charge is 0.313 e. The molecule has 3 heteroatoms. The molecular formula is C7H18N2S. The topological polar surface area (TPSA) is 24.1 Å². The second kappa shape index (κ2) is 7.38. The van der Waals surface area contributed by atoms with Crippen molar-refractivity contribution in [1.29, 1.82) is 0 Å². The van der Waals surface area contributed by atoms with Crippen molar-refractivity contribution in [1.82, 2.24) is 10.6 Å². The third-order valence-corrected chi connectivity index (χ3v) is 1.59. The Hall–Kier alpha value is 0.270. The molecule has 0 saturated carbocycles. The van der Waals surface area contributed by atoms with Crippen molar-refractivity contribution in [2.45, 2.75) is 19.9 Å². The van der Waals surface area contributed by atoms with Gasteiger partial charge < -0.3 is 10.6 Å². The van der Waals surface area contributed by atoms with Gasteiger partial charge in [-0.05, 0) is 6.26 Å². The number of nitrogens with one attached hydrogen (secondary N) is 2. The minimum absolute atomic E-state index is 0.607. The van der Waals surface area contributed by atoms with Crippen LogP contribution in [0.2, 0.25) is 0 Å². The molecule has 0 spiro atoms. The van der Waals surface area contributed by atoms with E-state index in [9.17, 15) is 0 Å². The third-order valence-electron chi connectivity index (χ3n) is 1.10. The van der Waals surface area contributed by atoms with Crippen LogP contribution >= 0.6 is 11.8 Å². The van der Waals surface area contributed by atoms with Crippen molar-refractivity contribution in [3.8, 4) is 0 Å². The summed E-state index contributed by atoms with van der Waals surface area (Å²) in [6.07, 6.45) is 2.10. The Bertz CT molecular complexity index is 66.6. The highest BCUT2D eigenvalue weighted by Gasteiger charge is 1.89. The molecule has 2 nitrogen and oxygen atoms in total. The van der Waals surface area contributed by atoms with Crippen molar-refractivity contribution >= 4 is 11.8 Å². The molecule has 0 fully saturated rings. The Morgan fingerprint density at radius 2 is 2.00 bits per heavy atom. The van der Waals surface area contributed by atoms with Gasteiger partial charge in [-0.15, -0.1) is 11.8 Å². The third kappa shape index (κ3) is 8.27. The fourth-order valence-corrected chi connectivity index (χ4v) is 0.972. The quantitative estimate of drug-likeness (QED) is 0.448. The molecule has 0 radical (unpaired) electrons. The standard InChI is InChI=1S/C7H18N2S/c1-7(2)9-5-4-8-6-10-3/h7-9H,4-6H2,1-3H3. The Kier molecular flexibility index (Phi) is 7.58. The molecule has 0 unspecified atom stereocenters. The molecule has 62 valence electrons. The lowest BCUT2D eigenvalue weighted by molar-refractivity contribution is 0.572. The first kappa shape index (κ1) is 10.3. The summed E-state index contributed by atoms with van der Waals surface area (Å²) in [5.41, 5.74) is 0. The maximum absolute atomic E-state index is 3.33. The number of hydrogen-bond acceptors (Lipinski definition) is 3. The van der Waals surface area contributed by atoms with E-state index in [1.54, 1.807) is 0 Å². The molecule has 0 aromatic heterocycles. The fraction of sp³-hybridized carbons (Fsp3) is 1.00. The highest BCUT2D eigenvalue weighted by atomic mass is 32.2. The Balaban J connectivity index is 2.77. The number of hydrogen-bond donors (Lipinski definition) is 2. The van der Waals surface area contributed by atoms with E-state index >= 15 is 0 Å². The summed E-state index contributed by atoms with van der Waals surface area (Å²) in [6, 6.07) is 0.607. The van der Waals surface area contributed by atoms with Crippen LogP contribution in [-0.2, 0) is 0 Å². The SMILES string of the molecule is CSCNCCNC(C)C. The molecule has 0 saturated heterocycles. The zero-order chi connectivity index (χ0) is 7.82. The van der Waals surface area contributed by atoms with Crippen molar-refractivity contribution in [3.63, 3.8) is 0 Å². The van der Waals surface area contributed by atoms with E-state index in [-0.39, 0.29) is 0 Å². The Morgan fingerprint density at radius 3 is 2.50 bits per heavy atom. The van der Waals surface area contributed by atoms with E-state index in [1.807, 2.05) is 11.8 Å². The minimum Gasteiger partial charge on any atom is -0.313 e. The van der Waals surface area contributed by atoms with Gasteiger partial charge >= 0.3 is 0 Å². The molecule has 0 aliphatic heterocycles. The van der Waals surface area contributed by atoms with E-state index < -0.39 is 0 Å². The molecule has 10 heavy (non-hydrogen) atoms. The average molecular weight is 162 g/mol. The second-order valence-electron chi connectivity index (χ2n) is 2.54. The van der Waals surface area contributed by atoms with Crippen LogP contribution in [-0.4, -0.2) is 31.3 Å². The van der Waals surface area contributed by atoms with Crippen LogP contribution in [0.3, 0.4) is 0 Å². The second-order valence-corrected chi connectivity index (χ2v) is 3.41. The van der Waals surface area contributed by atoms with E-state index in [2.05, 4.69) is 30.7 Å². The molecule has 0 rings (SSSR count). The molecule has 0 aliphatic rings. The molecule has 0 aromatic rings. The first-order valence-electron chi connectivity index (χ1n) is 3.70. The van der Waals surface area contributed by atoms with Gasteiger partial charge in [-0.3, -0.25) is 0 Å². The maximum atomic E-state index is 3.33. The highest BCUT2D eigenvalue weighted by molar-refractivity contribution is 7.98. The summed E-state index contributed by atoms with van der Waals surface area (Å²) in [6.45, 7) is 6.46. The van der Waals surface area contributed by atoms with E-state index in [1.165, 1.54) is 0 Å². The summed E-state index contributed by atoms with van der Waals surface area (Å²) in [7, 11) is 0.